The van der Waals surface area contributed by atoms with Crippen molar-refractivity contribution in [1.29, 1.82) is 0 Å². The smallest absolute Gasteiger partial charge is 0.308 e. The van der Waals surface area contributed by atoms with Crippen LogP contribution in [0.2, 0.25) is 5.02 Å². The Balaban J connectivity index is 2.52. The van der Waals surface area contributed by atoms with Crippen LogP contribution in [0.1, 0.15) is 5.56 Å². The molecule has 20 heavy (non-hydrogen) atoms. The van der Waals surface area contributed by atoms with Gasteiger partial charge in [-0.05, 0) is 18.2 Å². The lowest BCUT2D eigenvalue weighted by atomic mass is 10.2. The number of rotatable bonds is 3. The van der Waals surface area contributed by atoms with Crippen molar-refractivity contribution in [2.24, 2.45) is 0 Å². The highest BCUT2D eigenvalue weighted by molar-refractivity contribution is 6.31. The van der Waals surface area contributed by atoms with Gasteiger partial charge < -0.3 is 15.8 Å². The fraction of sp³-hybridized carbons (Fsp3) is 0.0833. The van der Waals surface area contributed by atoms with E-state index in [4.69, 9.17) is 22.4 Å². The zero-order valence-corrected chi connectivity index (χ0v) is 10.7. The van der Waals surface area contributed by atoms with Crippen LogP contribution in [-0.2, 0) is 11.2 Å². The van der Waals surface area contributed by atoms with Crippen molar-refractivity contribution < 1.29 is 14.3 Å². The Labute approximate surface area is 117 Å². The number of aromatic amines is 1. The molecule has 0 radical (unpaired) electrons. The lowest BCUT2D eigenvalue weighted by Crippen LogP contribution is -2.21. The van der Waals surface area contributed by atoms with Gasteiger partial charge in [-0.2, -0.15) is 0 Å². The van der Waals surface area contributed by atoms with E-state index in [0.29, 0.717) is 5.56 Å². The fourth-order valence-electron chi connectivity index (χ4n) is 1.62. The number of nitrogen functional groups attached to an aromatic ring is 1. The Kier molecular flexibility index (Phi) is 3.71. The first-order valence-corrected chi connectivity index (χ1v) is 5.82. The van der Waals surface area contributed by atoms with Crippen LogP contribution >= 0.6 is 11.6 Å². The normalized spacial score (nSPS) is 10.5. The molecule has 6 nitrogen and oxygen atoms in total. The molecule has 0 unspecified atom stereocenters. The van der Waals surface area contributed by atoms with E-state index in [-0.39, 0.29) is 22.2 Å². The minimum Gasteiger partial charge on any atom is -0.481 e. The predicted molar refractivity (Wildman–Crippen MR) is 71.0 cm³/mol. The van der Waals surface area contributed by atoms with Gasteiger partial charge in [-0.25, -0.2) is 9.37 Å². The first kappa shape index (κ1) is 14.0. The maximum absolute atomic E-state index is 13.1. The summed E-state index contributed by atoms with van der Waals surface area (Å²) < 4.78 is 13.1. The molecule has 2 rings (SSSR count). The maximum atomic E-state index is 13.1. The van der Waals surface area contributed by atoms with Crippen molar-refractivity contribution >= 4 is 23.4 Å². The minimum absolute atomic E-state index is 0.0866. The highest BCUT2D eigenvalue weighted by Crippen LogP contribution is 2.22. The second kappa shape index (κ2) is 5.30. The van der Waals surface area contributed by atoms with Gasteiger partial charge in [-0.1, -0.05) is 11.6 Å². The molecule has 0 spiro atoms. The van der Waals surface area contributed by atoms with Crippen LogP contribution in [-0.4, -0.2) is 21.0 Å². The van der Waals surface area contributed by atoms with Gasteiger partial charge in [-0.3, -0.25) is 9.59 Å². The van der Waals surface area contributed by atoms with Crippen LogP contribution < -0.4 is 11.3 Å². The number of nitrogens with one attached hydrogen (secondary N) is 1. The number of halogens is 2. The maximum Gasteiger partial charge on any atom is 0.308 e. The van der Waals surface area contributed by atoms with E-state index in [1.54, 1.807) is 0 Å². The second-order valence-corrected chi connectivity index (χ2v) is 4.38. The summed E-state index contributed by atoms with van der Waals surface area (Å²) in [7, 11) is 0. The van der Waals surface area contributed by atoms with Gasteiger partial charge in [0.05, 0.1) is 17.0 Å². The van der Waals surface area contributed by atoms with Gasteiger partial charge in [0.2, 0.25) is 0 Å². The number of benzene rings is 1. The Morgan fingerprint density at radius 1 is 1.50 bits per heavy atom. The van der Waals surface area contributed by atoms with E-state index in [2.05, 4.69) is 9.97 Å². The van der Waals surface area contributed by atoms with Crippen LogP contribution in [0.25, 0.3) is 11.4 Å². The molecular weight excluding hydrogens is 289 g/mol. The summed E-state index contributed by atoms with van der Waals surface area (Å²) in [4.78, 5) is 28.7. The average molecular weight is 298 g/mol. The number of anilines is 1. The first-order valence-electron chi connectivity index (χ1n) is 5.44. The van der Waals surface area contributed by atoms with Gasteiger partial charge in [0.25, 0.3) is 5.56 Å². The molecule has 0 atom stereocenters. The highest BCUT2D eigenvalue weighted by atomic mass is 35.5. The van der Waals surface area contributed by atoms with Crippen LogP contribution in [0.15, 0.2) is 23.0 Å². The van der Waals surface area contributed by atoms with E-state index >= 15 is 0 Å². The number of hydrogen-bond donors (Lipinski definition) is 3. The molecule has 0 aliphatic heterocycles. The highest BCUT2D eigenvalue weighted by Gasteiger charge is 2.14. The summed E-state index contributed by atoms with van der Waals surface area (Å²) in [5, 5.41) is 8.55. The minimum atomic E-state index is -1.19. The van der Waals surface area contributed by atoms with Crippen molar-refractivity contribution in [1.82, 2.24) is 9.97 Å². The van der Waals surface area contributed by atoms with Gasteiger partial charge in [-0.15, -0.1) is 0 Å². The number of H-pyrrole nitrogens is 1. The number of aromatic nitrogens is 2. The van der Waals surface area contributed by atoms with Crippen LogP contribution in [0, 0.1) is 5.82 Å². The molecule has 0 aliphatic carbocycles. The Morgan fingerprint density at radius 3 is 2.75 bits per heavy atom. The molecule has 0 aliphatic rings. The standard InChI is InChI=1S/C12H9ClFN3O3/c13-7-3-5(1-2-8(7)14)11-16-10(15)6(4-9(18)19)12(20)17-11/h1-3H,4H2,(H,18,19)(H3,15,16,17,20). The van der Waals surface area contributed by atoms with Gasteiger partial charge in [0, 0.05) is 5.56 Å². The summed E-state index contributed by atoms with van der Waals surface area (Å²) in [6.45, 7) is 0. The van der Waals surface area contributed by atoms with Gasteiger partial charge in [0.1, 0.15) is 17.5 Å². The van der Waals surface area contributed by atoms with E-state index in [1.807, 2.05) is 0 Å². The van der Waals surface area contributed by atoms with E-state index < -0.39 is 23.8 Å². The van der Waals surface area contributed by atoms with E-state index in [9.17, 15) is 14.0 Å². The lowest BCUT2D eigenvalue weighted by Gasteiger charge is -2.06. The van der Waals surface area contributed by atoms with Crippen molar-refractivity contribution in [3.05, 3.63) is 45.0 Å². The number of nitrogens with zero attached hydrogens (tertiary/aromatic N) is 1. The SMILES string of the molecule is Nc1nc(-c2ccc(F)c(Cl)c2)[nH]c(=O)c1CC(=O)O. The zero-order chi connectivity index (χ0) is 14.9. The second-order valence-electron chi connectivity index (χ2n) is 3.98. The lowest BCUT2D eigenvalue weighted by molar-refractivity contribution is -0.136. The molecule has 1 heterocycles. The van der Waals surface area contributed by atoms with Crippen LogP contribution in [0.5, 0.6) is 0 Å². The van der Waals surface area contributed by atoms with Crippen LogP contribution in [0.3, 0.4) is 0 Å². The molecule has 0 amide bonds. The third-order valence-corrected chi connectivity index (χ3v) is 2.86. The molecule has 0 fully saturated rings. The van der Waals surface area contributed by atoms with E-state index in [0.717, 1.165) is 6.07 Å². The number of aliphatic carboxylic acids is 1. The molecule has 1 aromatic carbocycles. The van der Waals surface area contributed by atoms with Crippen molar-refractivity contribution in [3.8, 4) is 11.4 Å². The van der Waals surface area contributed by atoms with E-state index in [1.165, 1.54) is 12.1 Å². The van der Waals surface area contributed by atoms with Gasteiger partial charge >= 0.3 is 5.97 Å². The Morgan fingerprint density at radius 2 is 2.20 bits per heavy atom. The number of carbonyl (C=O) groups is 1. The summed E-state index contributed by atoms with van der Waals surface area (Å²) >= 11 is 5.64. The number of carboxylic acids is 1. The summed E-state index contributed by atoms with van der Waals surface area (Å²) in [5.41, 5.74) is 5.15. The summed E-state index contributed by atoms with van der Waals surface area (Å²) in [5.74, 6) is -1.90. The molecule has 4 N–H and O–H groups in total. The zero-order valence-electron chi connectivity index (χ0n) is 9.98. The molecule has 1 aromatic heterocycles. The van der Waals surface area contributed by atoms with Crippen LogP contribution in [0.4, 0.5) is 10.2 Å². The number of nitrogens with two attached hydrogens (primary N) is 1. The third-order valence-electron chi connectivity index (χ3n) is 2.57. The molecule has 0 saturated heterocycles. The largest absolute Gasteiger partial charge is 0.481 e. The molecule has 104 valence electrons. The number of carboxylic acid groups (broad SMARTS) is 1. The first-order chi connectivity index (χ1) is 9.38. The van der Waals surface area contributed by atoms with Crippen molar-refractivity contribution in [2.75, 3.05) is 5.73 Å². The molecule has 0 saturated carbocycles. The van der Waals surface area contributed by atoms with Crippen molar-refractivity contribution in [2.45, 2.75) is 6.42 Å². The van der Waals surface area contributed by atoms with Gasteiger partial charge in [0.15, 0.2) is 0 Å². The monoisotopic (exact) mass is 297 g/mol. The molecular formula is C12H9ClFN3O3. The predicted octanol–water partition coefficient (Wildman–Crippen LogP) is 1.44. The third kappa shape index (κ3) is 2.77. The Hall–Kier alpha value is -2.41. The quantitative estimate of drug-likeness (QED) is 0.794. The van der Waals surface area contributed by atoms with Crippen molar-refractivity contribution in [3.63, 3.8) is 0 Å². The molecule has 0 bridgehead atoms. The topological polar surface area (TPSA) is 109 Å². The summed E-state index contributed by atoms with van der Waals surface area (Å²) in [6.07, 6.45) is -0.529. The number of hydrogen-bond acceptors (Lipinski definition) is 4. The Bertz CT molecular complexity index is 745. The molecule has 8 heteroatoms. The average Bonchev–Trinajstić information content (AvgIpc) is 2.36. The molecule has 2 aromatic rings. The fourth-order valence-corrected chi connectivity index (χ4v) is 1.80. The summed E-state index contributed by atoms with van der Waals surface area (Å²) in [6, 6.07) is 3.78.